The lowest BCUT2D eigenvalue weighted by Crippen LogP contribution is -2.42. The van der Waals surface area contributed by atoms with Gasteiger partial charge in [-0.3, -0.25) is 4.98 Å². The van der Waals surface area contributed by atoms with E-state index in [-0.39, 0.29) is 17.5 Å². The Bertz CT molecular complexity index is 957. The maximum absolute atomic E-state index is 12.0. The Morgan fingerprint density at radius 1 is 1.27 bits per heavy atom. The zero-order chi connectivity index (χ0) is 21.9. The van der Waals surface area contributed by atoms with Gasteiger partial charge in [-0.25, -0.2) is 4.79 Å². The molecule has 10 heteroatoms. The smallest absolute Gasteiger partial charge is 0.407 e. The Hall–Kier alpha value is -3.43. The van der Waals surface area contributed by atoms with Crippen LogP contribution in [0.4, 0.5) is 22.0 Å². The van der Waals surface area contributed by atoms with Crippen molar-refractivity contribution in [1.29, 1.82) is 0 Å². The van der Waals surface area contributed by atoms with Gasteiger partial charge < -0.3 is 30.2 Å². The van der Waals surface area contributed by atoms with Crippen LogP contribution in [0.5, 0.6) is 5.75 Å². The topological polar surface area (TPSA) is 129 Å². The number of nitro groups is 1. The van der Waals surface area contributed by atoms with Gasteiger partial charge in [0.2, 0.25) is 0 Å². The van der Waals surface area contributed by atoms with Crippen molar-refractivity contribution in [2.24, 2.45) is 0 Å². The Balaban J connectivity index is 1.71. The number of hydrogen-bond acceptors (Lipinski definition) is 8. The van der Waals surface area contributed by atoms with E-state index >= 15 is 0 Å². The molecule has 2 heterocycles. The number of nitrogens with zero attached hydrogens (tertiary/aromatic N) is 3. The standard InChI is InChI=1S/C20H25N5O5/c1-20(2,3)30-19(26)24-13-6-5-12-7-14(10-21-16(12)8-13)23-17-9-15(29-4)11-22-18(17)25(27)28/h7,9-11,13,23H,5-6,8H2,1-4H3,(H,24,26). The van der Waals surface area contributed by atoms with Crippen LogP contribution in [0.2, 0.25) is 0 Å². The van der Waals surface area contributed by atoms with Crippen molar-refractivity contribution < 1.29 is 19.2 Å². The molecule has 0 spiro atoms. The number of alkyl carbamates (subject to hydrolysis) is 1. The molecule has 3 rings (SSSR count). The molecule has 0 saturated heterocycles. The lowest BCUT2D eigenvalue weighted by atomic mass is 9.92. The minimum atomic E-state index is -0.555. The van der Waals surface area contributed by atoms with Gasteiger partial charge in [0.05, 0.1) is 19.0 Å². The van der Waals surface area contributed by atoms with E-state index < -0.39 is 16.6 Å². The van der Waals surface area contributed by atoms with Gasteiger partial charge in [-0.2, -0.15) is 0 Å². The summed E-state index contributed by atoms with van der Waals surface area (Å²) >= 11 is 0. The molecule has 1 atom stereocenters. The molecule has 160 valence electrons. The van der Waals surface area contributed by atoms with Gasteiger partial charge in [0.25, 0.3) is 0 Å². The fourth-order valence-corrected chi connectivity index (χ4v) is 3.21. The molecule has 0 bridgehead atoms. The quantitative estimate of drug-likeness (QED) is 0.561. The van der Waals surface area contributed by atoms with Gasteiger partial charge in [-0.1, -0.05) is 0 Å². The average Bonchev–Trinajstić information content (AvgIpc) is 2.66. The SMILES string of the molecule is COc1cnc([N+](=O)[O-])c(Nc2cnc3c(c2)CCC(NC(=O)OC(C)(C)C)C3)c1. The van der Waals surface area contributed by atoms with Crippen molar-refractivity contribution in [3.63, 3.8) is 0 Å². The number of methoxy groups -OCH3 is 1. The largest absolute Gasteiger partial charge is 0.493 e. The number of pyridine rings is 2. The number of aromatic nitrogens is 2. The Kier molecular flexibility index (Phi) is 6.04. The van der Waals surface area contributed by atoms with E-state index in [0.717, 1.165) is 24.1 Å². The van der Waals surface area contributed by atoms with E-state index in [4.69, 9.17) is 9.47 Å². The summed E-state index contributed by atoms with van der Waals surface area (Å²) in [5, 5.41) is 17.2. The van der Waals surface area contributed by atoms with E-state index in [2.05, 4.69) is 20.6 Å². The third kappa shape index (κ3) is 5.34. The molecule has 1 amide bonds. The highest BCUT2D eigenvalue weighted by atomic mass is 16.6. The highest BCUT2D eigenvalue weighted by Gasteiger charge is 2.25. The normalized spacial score (nSPS) is 15.7. The highest BCUT2D eigenvalue weighted by Crippen LogP contribution is 2.30. The Labute approximate surface area is 174 Å². The van der Waals surface area contributed by atoms with E-state index in [1.807, 2.05) is 26.8 Å². The average molecular weight is 415 g/mol. The predicted molar refractivity (Wildman–Crippen MR) is 110 cm³/mol. The zero-order valence-corrected chi connectivity index (χ0v) is 17.4. The number of ether oxygens (including phenoxy) is 2. The molecule has 10 nitrogen and oxygen atoms in total. The summed E-state index contributed by atoms with van der Waals surface area (Å²) < 4.78 is 10.4. The van der Waals surface area contributed by atoms with Gasteiger partial charge in [-0.15, -0.1) is 0 Å². The number of fused-ring (bicyclic) bond motifs is 1. The molecule has 1 unspecified atom stereocenters. The van der Waals surface area contributed by atoms with E-state index in [9.17, 15) is 14.9 Å². The van der Waals surface area contributed by atoms with E-state index in [1.54, 1.807) is 6.20 Å². The molecule has 2 aromatic rings. The van der Waals surface area contributed by atoms with Crippen molar-refractivity contribution in [2.75, 3.05) is 12.4 Å². The first kappa shape index (κ1) is 21.3. The number of aryl methyl sites for hydroxylation is 1. The van der Waals surface area contributed by atoms with Crippen molar-refractivity contribution >= 4 is 23.3 Å². The molecule has 0 aromatic carbocycles. The van der Waals surface area contributed by atoms with Crippen LogP contribution in [0, 0.1) is 10.1 Å². The summed E-state index contributed by atoms with van der Waals surface area (Å²) in [6, 6.07) is 3.38. The fraction of sp³-hybridized carbons (Fsp3) is 0.450. The summed E-state index contributed by atoms with van der Waals surface area (Å²) in [6.07, 6.45) is 4.53. The lowest BCUT2D eigenvalue weighted by molar-refractivity contribution is -0.388. The maximum Gasteiger partial charge on any atom is 0.407 e. The number of rotatable bonds is 5. The van der Waals surface area contributed by atoms with Crippen LogP contribution < -0.4 is 15.4 Å². The van der Waals surface area contributed by atoms with Crippen molar-refractivity contribution in [3.8, 4) is 5.75 Å². The Morgan fingerprint density at radius 2 is 2.03 bits per heavy atom. The van der Waals surface area contributed by atoms with Crippen LogP contribution >= 0.6 is 0 Å². The molecular formula is C20H25N5O5. The first-order valence-corrected chi connectivity index (χ1v) is 9.57. The zero-order valence-electron chi connectivity index (χ0n) is 17.4. The molecule has 0 fully saturated rings. The number of nitrogens with one attached hydrogen (secondary N) is 2. The molecule has 2 aromatic heterocycles. The minimum absolute atomic E-state index is 0.0534. The van der Waals surface area contributed by atoms with Crippen LogP contribution in [-0.2, 0) is 17.6 Å². The number of carbonyl (C=O) groups is 1. The third-order valence-corrected chi connectivity index (χ3v) is 4.51. The molecule has 0 saturated carbocycles. The number of amides is 1. The number of carbonyl (C=O) groups excluding carboxylic acids is 1. The lowest BCUT2D eigenvalue weighted by Gasteiger charge is -2.27. The molecule has 0 aliphatic heterocycles. The van der Waals surface area contributed by atoms with E-state index in [1.165, 1.54) is 19.4 Å². The summed E-state index contributed by atoms with van der Waals surface area (Å²) in [5.74, 6) is 0.111. The van der Waals surface area contributed by atoms with Gasteiger partial charge in [0.15, 0.2) is 11.9 Å². The van der Waals surface area contributed by atoms with Crippen LogP contribution in [-0.4, -0.2) is 39.7 Å². The van der Waals surface area contributed by atoms with Crippen LogP contribution in [0.25, 0.3) is 0 Å². The minimum Gasteiger partial charge on any atom is -0.493 e. The van der Waals surface area contributed by atoms with Crippen molar-refractivity contribution in [2.45, 2.75) is 51.7 Å². The van der Waals surface area contributed by atoms with Gasteiger partial charge in [-0.05, 0) is 55.1 Å². The Morgan fingerprint density at radius 3 is 2.70 bits per heavy atom. The second-order valence-electron chi connectivity index (χ2n) is 8.04. The molecular weight excluding hydrogens is 390 g/mol. The summed E-state index contributed by atoms with van der Waals surface area (Å²) in [6.45, 7) is 5.46. The summed E-state index contributed by atoms with van der Waals surface area (Å²) in [7, 11) is 1.47. The molecule has 2 N–H and O–H groups in total. The van der Waals surface area contributed by atoms with Crippen LogP contribution in [0.15, 0.2) is 24.5 Å². The maximum atomic E-state index is 12.0. The number of anilines is 2. The predicted octanol–water partition coefficient (Wildman–Crippen LogP) is 3.52. The van der Waals surface area contributed by atoms with Gasteiger partial charge in [0.1, 0.15) is 11.3 Å². The third-order valence-electron chi connectivity index (χ3n) is 4.51. The number of hydrogen-bond donors (Lipinski definition) is 2. The first-order chi connectivity index (χ1) is 14.1. The highest BCUT2D eigenvalue weighted by molar-refractivity contribution is 5.69. The molecule has 1 aliphatic carbocycles. The fourth-order valence-electron chi connectivity index (χ4n) is 3.21. The molecule has 30 heavy (non-hydrogen) atoms. The van der Waals surface area contributed by atoms with E-state index in [0.29, 0.717) is 17.9 Å². The second-order valence-corrected chi connectivity index (χ2v) is 8.04. The van der Waals surface area contributed by atoms with Gasteiger partial charge in [0, 0.05) is 24.2 Å². The molecule has 1 aliphatic rings. The molecule has 0 radical (unpaired) electrons. The van der Waals surface area contributed by atoms with Crippen molar-refractivity contribution in [1.82, 2.24) is 15.3 Å². The van der Waals surface area contributed by atoms with Crippen LogP contribution in [0.1, 0.15) is 38.4 Å². The first-order valence-electron chi connectivity index (χ1n) is 9.57. The van der Waals surface area contributed by atoms with Crippen LogP contribution in [0.3, 0.4) is 0 Å². The second kappa shape index (κ2) is 8.52. The summed E-state index contributed by atoms with van der Waals surface area (Å²) in [5.41, 5.74) is 2.20. The van der Waals surface area contributed by atoms with Gasteiger partial charge >= 0.3 is 11.9 Å². The summed E-state index contributed by atoms with van der Waals surface area (Å²) in [4.78, 5) is 31.0. The monoisotopic (exact) mass is 415 g/mol. The van der Waals surface area contributed by atoms with Crippen molar-refractivity contribution in [3.05, 3.63) is 45.9 Å².